The van der Waals surface area contributed by atoms with Crippen LogP contribution in [0.25, 0.3) is 0 Å². The first kappa shape index (κ1) is 14.8. The van der Waals surface area contributed by atoms with Gasteiger partial charge < -0.3 is 16.0 Å². The third kappa shape index (κ3) is 4.21. The molecule has 0 saturated carbocycles. The van der Waals surface area contributed by atoms with Crippen LogP contribution in [0.5, 0.6) is 0 Å². The van der Waals surface area contributed by atoms with Crippen LogP contribution in [0.2, 0.25) is 0 Å². The van der Waals surface area contributed by atoms with E-state index in [0.29, 0.717) is 11.4 Å². The number of rotatable bonds is 7. The standard InChI is InChI=1S/C16H20N4O/c1-20(13-7-3-2-4-8-13)12-6-11-19-16-14(15(17)21)9-5-10-18-16/h2-5,7-10H,6,11-12H2,1H3,(H2,17,21)(H,18,19). The fourth-order valence-corrected chi connectivity index (χ4v) is 2.08. The summed E-state index contributed by atoms with van der Waals surface area (Å²) in [5.41, 5.74) is 6.93. The van der Waals surface area contributed by atoms with Crippen molar-refractivity contribution in [1.82, 2.24) is 4.98 Å². The molecule has 0 bridgehead atoms. The van der Waals surface area contributed by atoms with Crippen LogP contribution in [0, 0.1) is 0 Å². The molecule has 21 heavy (non-hydrogen) atoms. The molecule has 0 saturated heterocycles. The Hall–Kier alpha value is -2.56. The van der Waals surface area contributed by atoms with Gasteiger partial charge in [-0.15, -0.1) is 0 Å². The number of primary amides is 1. The van der Waals surface area contributed by atoms with E-state index in [0.717, 1.165) is 19.5 Å². The number of carbonyl (C=O) groups excluding carboxylic acids is 1. The quantitative estimate of drug-likeness (QED) is 0.764. The minimum absolute atomic E-state index is 0.425. The lowest BCUT2D eigenvalue weighted by atomic mass is 10.2. The molecule has 110 valence electrons. The van der Waals surface area contributed by atoms with E-state index in [9.17, 15) is 4.79 Å². The molecule has 0 fully saturated rings. The maximum absolute atomic E-state index is 11.3. The van der Waals surface area contributed by atoms with Crippen LogP contribution >= 0.6 is 0 Å². The third-order valence-electron chi connectivity index (χ3n) is 3.23. The van der Waals surface area contributed by atoms with Gasteiger partial charge in [0.2, 0.25) is 0 Å². The largest absolute Gasteiger partial charge is 0.375 e. The SMILES string of the molecule is CN(CCCNc1ncccc1C(N)=O)c1ccccc1. The summed E-state index contributed by atoms with van der Waals surface area (Å²) >= 11 is 0. The summed E-state index contributed by atoms with van der Waals surface area (Å²) in [7, 11) is 2.06. The summed E-state index contributed by atoms with van der Waals surface area (Å²) in [6.07, 6.45) is 2.57. The highest BCUT2D eigenvalue weighted by Gasteiger charge is 2.07. The molecule has 0 aliphatic carbocycles. The van der Waals surface area contributed by atoms with Gasteiger partial charge in [-0.2, -0.15) is 0 Å². The van der Waals surface area contributed by atoms with Crippen molar-refractivity contribution in [3.05, 3.63) is 54.2 Å². The van der Waals surface area contributed by atoms with Gasteiger partial charge in [-0.05, 0) is 30.7 Å². The maximum atomic E-state index is 11.3. The Kier molecular flexibility index (Phi) is 5.15. The first-order chi connectivity index (χ1) is 10.2. The molecule has 5 nitrogen and oxygen atoms in total. The summed E-state index contributed by atoms with van der Waals surface area (Å²) < 4.78 is 0. The first-order valence-electron chi connectivity index (χ1n) is 6.93. The number of para-hydroxylation sites is 1. The zero-order valence-corrected chi connectivity index (χ0v) is 12.1. The van der Waals surface area contributed by atoms with E-state index in [4.69, 9.17) is 5.73 Å². The van der Waals surface area contributed by atoms with Gasteiger partial charge in [-0.1, -0.05) is 18.2 Å². The minimum Gasteiger partial charge on any atom is -0.375 e. The minimum atomic E-state index is -0.466. The molecule has 1 aromatic carbocycles. The number of hydrogen-bond acceptors (Lipinski definition) is 4. The average Bonchev–Trinajstić information content (AvgIpc) is 2.52. The van der Waals surface area contributed by atoms with Crippen LogP contribution in [0.3, 0.4) is 0 Å². The Balaban J connectivity index is 1.81. The van der Waals surface area contributed by atoms with E-state index in [1.54, 1.807) is 18.3 Å². The lowest BCUT2D eigenvalue weighted by Crippen LogP contribution is -2.21. The normalized spacial score (nSPS) is 10.1. The molecule has 2 aromatic rings. The molecule has 0 unspecified atom stereocenters. The molecule has 1 amide bonds. The van der Waals surface area contributed by atoms with Crippen LogP contribution in [0.4, 0.5) is 11.5 Å². The zero-order chi connectivity index (χ0) is 15.1. The number of nitrogens with zero attached hydrogens (tertiary/aromatic N) is 2. The Morgan fingerprint density at radius 3 is 2.71 bits per heavy atom. The molecule has 1 aromatic heterocycles. The molecule has 0 aliphatic rings. The fourth-order valence-electron chi connectivity index (χ4n) is 2.08. The number of anilines is 2. The molecule has 3 N–H and O–H groups in total. The number of amides is 1. The van der Waals surface area contributed by atoms with Crippen molar-refractivity contribution in [2.24, 2.45) is 5.73 Å². The molecule has 5 heteroatoms. The van der Waals surface area contributed by atoms with Crippen molar-refractivity contribution in [1.29, 1.82) is 0 Å². The Morgan fingerprint density at radius 1 is 1.24 bits per heavy atom. The van der Waals surface area contributed by atoms with E-state index in [-0.39, 0.29) is 0 Å². The van der Waals surface area contributed by atoms with E-state index in [2.05, 4.69) is 34.4 Å². The van der Waals surface area contributed by atoms with Crippen molar-refractivity contribution in [2.45, 2.75) is 6.42 Å². The van der Waals surface area contributed by atoms with Crippen molar-refractivity contribution in [2.75, 3.05) is 30.4 Å². The Labute approximate surface area is 124 Å². The topological polar surface area (TPSA) is 71.2 Å². The second kappa shape index (κ2) is 7.28. The number of hydrogen-bond donors (Lipinski definition) is 2. The predicted octanol–water partition coefficient (Wildman–Crippen LogP) is 2.12. The van der Waals surface area contributed by atoms with Gasteiger partial charge in [-0.25, -0.2) is 4.98 Å². The lowest BCUT2D eigenvalue weighted by Gasteiger charge is -2.19. The van der Waals surface area contributed by atoms with Gasteiger partial charge in [-0.3, -0.25) is 4.79 Å². The molecule has 0 atom stereocenters. The molecule has 0 radical (unpaired) electrons. The van der Waals surface area contributed by atoms with E-state index >= 15 is 0 Å². The van der Waals surface area contributed by atoms with Gasteiger partial charge in [0, 0.05) is 32.0 Å². The number of nitrogens with one attached hydrogen (secondary N) is 1. The Morgan fingerprint density at radius 2 is 2.00 bits per heavy atom. The van der Waals surface area contributed by atoms with Gasteiger partial charge in [0.1, 0.15) is 5.82 Å². The summed E-state index contributed by atoms with van der Waals surface area (Å²) in [4.78, 5) is 17.6. The van der Waals surface area contributed by atoms with E-state index in [1.807, 2.05) is 18.2 Å². The predicted molar refractivity (Wildman–Crippen MR) is 85.6 cm³/mol. The second-order valence-electron chi connectivity index (χ2n) is 4.80. The highest BCUT2D eigenvalue weighted by Crippen LogP contribution is 2.12. The number of pyridine rings is 1. The monoisotopic (exact) mass is 284 g/mol. The summed E-state index contributed by atoms with van der Waals surface area (Å²) in [5.74, 6) is 0.0827. The van der Waals surface area contributed by atoms with Crippen LogP contribution in [-0.4, -0.2) is 31.0 Å². The summed E-state index contributed by atoms with van der Waals surface area (Å²) in [5, 5.41) is 3.16. The van der Waals surface area contributed by atoms with Gasteiger partial charge in [0.05, 0.1) is 5.56 Å². The maximum Gasteiger partial charge on any atom is 0.252 e. The number of aromatic nitrogens is 1. The zero-order valence-electron chi connectivity index (χ0n) is 12.1. The lowest BCUT2D eigenvalue weighted by molar-refractivity contribution is 0.100. The van der Waals surface area contributed by atoms with Gasteiger partial charge in [0.25, 0.3) is 5.91 Å². The van der Waals surface area contributed by atoms with E-state index < -0.39 is 5.91 Å². The molecule has 0 spiro atoms. The van der Waals surface area contributed by atoms with E-state index in [1.165, 1.54) is 5.69 Å². The van der Waals surface area contributed by atoms with Gasteiger partial charge >= 0.3 is 0 Å². The molecule has 0 aliphatic heterocycles. The highest BCUT2D eigenvalue weighted by atomic mass is 16.1. The van der Waals surface area contributed by atoms with Crippen LogP contribution < -0.4 is 16.0 Å². The Bertz CT molecular complexity index is 586. The fraction of sp³-hybridized carbons (Fsp3) is 0.250. The van der Waals surface area contributed by atoms with Crippen molar-refractivity contribution in [3.8, 4) is 0 Å². The van der Waals surface area contributed by atoms with Crippen molar-refractivity contribution >= 4 is 17.4 Å². The summed E-state index contributed by atoms with van der Waals surface area (Å²) in [6.45, 7) is 1.64. The average molecular weight is 284 g/mol. The molecule has 2 rings (SSSR count). The second-order valence-corrected chi connectivity index (χ2v) is 4.80. The van der Waals surface area contributed by atoms with Crippen molar-refractivity contribution in [3.63, 3.8) is 0 Å². The van der Waals surface area contributed by atoms with Crippen LogP contribution in [0.15, 0.2) is 48.7 Å². The molecule has 1 heterocycles. The smallest absolute Gasteiger partial charge is 0.252 e. The third-order valence-corrected chi connectivity index (χ3v) is 3.23. The first-order valence-corrected chi connectivity index (χ1v) is 6.93. The molecular weight excluding hydrogens is 264 g/mol. The van der Waals surface area contributed by atoms with Crippen molar-refractivity contribution < 1.29 is 4.79 Å². The summed E-state index contributed by atoms with van der Waals surface area (Å²) in [6, 6.07) is 13.6. The number of carbonyl (C=O) groups is 1. The number of nitrogens with two attached hydrogens (primary N) is 1. The molecular formula is C16H20N4O. The van der Waals surface area contributed by atoms with Crippen LogP contribution in [-0.2, 0) is 0 Å². The highest BCUT2D eigenvalue weighted by molar-refractivity contribution is 5.97. The van der Waals surface area contributed by atoms with Crippen LogP contribution in [0.1, 0.15) is 16.8 Å². The number of benzene rings is 1. The van der Waals surface area contributed by atoms with Gasteiger partial charge in [0.15, 0.2) is 0 Å².